The number of benzene rings is 5. The van der Waals surface area contributed by atoms with Gasteiger partial charge in [0.2, 0.25) is 0 Å². The number of carbonyl (C=O) groups excluding carboxylic acids is 2. The molecule has 0 aliphatic heterocycles. The van der Waals surface area contributed by atoms with Crippen molar-refractivity contribution in [1.29, 1.82) is 0 Å². The molecular weight excluding hydrogens is 552 g/mol. The van der Waals surface area contributed by atoms with Gasteiger partial charge in [0.25, 0.3) is 0 Å². The minimum Gasteiger partial charge on any atom is -0.493 e. The molecule has 6 nitrogen and oxygen atoms in total. The van der Waals surface area contributed by atoms with Gasteiger partial charge in [-0.15, -0.1) is 0 Å². The number of fused-ring (bicyclic) bond motifs is 2. The molecule has 0 fully saturated rings. The van der Waals surface area contributed by atoms with Gasteiger partial charge in [0, 0.05) is 42.2 Å². The van der Waals surface area contributed by atoms with Crippen LogP contribution in [0.4, 0.5) is 0 Å². The molecule has 222 valence electrons. The maximum Gasteiger partial charge on any atom is 0.330 e. The Labute approximate surface area is 257 Å². The zero-order valence-electron chi connectivity index (χ0n) is 24.5. The lowest BCUT2D eigenvalue weighted by Gasteiger charge is -2.19. The molecule has 5 aromatic carbocycles. The van der Waals surface area contributed by atoms with Crippen LogP contribution in [0.15, 0.2) is 122 Å². The number of ether oxygens (including phenoxy) is 4. The largest absolute Gasteiger partial charge is 0.493 e. The molecule has 5 aromatic rings. The SMILES string of the molecule is C=CC(=O)OCCCOc1cc(OCCCOC(=O)C=C)c(-c2ccc3ccccc3c2)cc1-c1ccc2ccccc2c1. The van der Waals surface area contributed by atoms with E-state index in [0.717, 1.165) is 56.0 Å². The smallest absolute Gasteiger partial charge is 0.330 e. The van der Waals surface area contributed by atoms with Crippen LogP contribution >= 0.6 is 0 Å². The second-order valence-electron chi connectivity index (χ2n) is 10.1. The molecule has 0 saturated carbocycles. The fourth-order valence-corrected chi connectivity index (χ4v) is 4.91. The van der Waals surface area contributed by atoms with Gasteiger partial charge in [0.05, 0.1) is 26.4 Å². The van der Waals surface area contributed by atoms with Crippen LogP contribution in [0.1, 0.15) is 12.8 Å². The van der Waals surface area contributed by atoms with Crippen LogP contribution < -0.4 is 9.47 Å². The molecule has 0 spiro atoms. The van der Waals surface area contributed by atoms with Crippen LogP contribution in [0.3, 0.4) is 0 Å². The molecule has 0 atom stereocenters. The van der Waals surface area contributed by atoms with E-state index in [0.29, 0.717) is 37.6 Å². The van der Waals surface area contributed by atoms with E-state index in [1.165, 1.54) is 0 Å². The van der Waals surface area contributed by atoms with E-state index >= 15 is 0 Å². The Morgan fingerprint density at radius 2 is 0.955 bits per heavy atom. The number of esters is 2. The first-order valence-electron chi connectivity index (χ1n) is 14.6. The fraction of sp³-hybridized carbons (Fsp3) is 0.158. The van der Waals surface area contributed by atoms with Crippen molar-refractivity contribution in [1.82, 2.24) is 0 Å². The molecule has 0 bridgehead atoms. The zero-order chi connectivity index (χ0) is 30.7. The van der Waals surface area contributed by atoms with E-state index in [-0.39, 0.29) is 13.2 Å². The normalized spacial score (nSPS) is 10.7. The summed E-state index contributed by atoms with van der Waals surface area (Å²) in [6, 6.07) is 33.2. The summed E-state index contributed by atoms with van der Waals surface area (Å²) in [6.45, 7) is 7.97. The topological polar surface area (TPSA) is 71.1 Å². The Hall–Kier alpha value is -5.36. The lowest BCUT2D eigenvalue weighted by atomic mass is 9.94. The van der Waals surface area contributed by atoms with Crippen molar-refractivity contribution in [3.8, 4) is 33.8 Å². The summed E-state index contributed by atoms with van der Waals surface area (Å²) in [5.74, 6) is 0.369. The van der Waals surface area contributed by atoms with Gasteiger partial charge in [-0.3, -0.25) is 0 Å². The first-order chi connectivity index (χ1) is 21.6. The van der Waals surface area contributed by atoms with Crippen molar-refractivity contribution in [2.75, 3.05) is 26.4 Å². The minimum absolute atomic E-state index is 0.220. The molecule has 5 rings (SSSR count). The maximum absolute atomic E-state index is 11.5. The van der Waals surface area contributed by atoms with Crippen LogP contribution in [-0.4, -0.2) is 38.4 Å². The maximum atomic E-state index is 11.5. The molecule has 0 N–H and O–H groups in total. The Morgan fingerprint density at radius 3 is 1.39 bits per heavy atom. The highest BCUT2D eigenvalue weighted by Gasteiger charge is 2.17. The van der Waals surface area contributed by atoms with E-state index in [2.05, 4.69) is 79.9 Å². The number of hydrogen-bond acceptors (Lipinski definition) is 6. The molecule has 0 radical (unpaired) electrons. The first-order valence-corrected chi connectivity index (χ1v) is 14.6. The van der Waals surface area contributed by atoms with Crippen molar-refractivity contribution in [3.05, 3.63) is 122 Å². The predicted molar refractivity (Wildman–Crippen MR) is 175 cm³/mol. The van der Waals surface area contributed by atoms with Crippen LogP contribution in [0, 0.1) is 0 Å². The monoisotopic (exact) mass is 586 g/mol. The fourth-order valence-electron chi connectivity index (χ4n) is 4.91. The van der Waals surface area contributed by atoms with Crippen LogP contribution in [-0.2, 0) is 19.1 Å². The Kier molecular flexibility index (Phi) is 10.1. The van der Waals surface area contributed by atoms with E-state index in [4.69, 9.17) is 18.9 Å². The predicted octanol–water partition coefficient (Wildman–Crippen LogP) is 8.32. The van der Waals surface area contributed by atoms with E-state index < -0.39 is 11.9 Å². The van der Waals surface area contributed by atoms with Crippen LogP contribution in [0.5, 0.6) is 11.5 Å². The third kappa shape index (κ3) is 7.53. The summed E-state index contributed by atoms with van der Waals surface area (Å²) in [5.41, 5.74) is 3.83. The first kappa shape index (κ1) is 30.1. The summed E-state index contributed by atoms with van der Waals surface area (Å²) in [6.07, 6.45) is 3.31. The van der Waals surface area contributed by atoms with Crippen molar-refractivity contribution < 1.29 is 28.5 Å². The van der Waals surface area contributed by atoms with Gasteiger partial charge in [0.15, 0.2) is 0 Å². The average Bonchev–Trinajstić information content (AvgIpc) is 3.07. The third-order valence-electron chi connectivity index (χ3n) is 7.12. The molecule has 0 amide bonds. The number of rotatable bonds is 14. The summed E-state index contributed by atoms with van der Waals surface area (Å²) >= 11 is 0. The summed E-state index contributed by atoms with van der Waals surface area (Å²) in [5, 5.41) is 4.53. The lowest BCUT2D eigenvalue weighted by Crippen LogP contribution is -2.08. The summed E-state index contributed by atoms with van der Waals surface area (Å²) in [7, 11) is 0. The van der Waals surface area contributed by atoms with Crippen molar-refractivity contribution >= 4 is 33.5 Å². The van der Waals surface area contributed by atoms with Gasteiger partial charge in [-0.25, -0.2) is 9.59 Å². The Balaban J connectivity index is 1.53. The van der Waals surface area contributed by atoms with Crippen molar-refractivity contribution in [2.24, 2.45) is 0 Å². The quantitative estimate of drug-likeness (QED) is 0.0740. The third-order valence-corrected chi connectivity index (χ3v) is 7.12. The Morgan fingerprint density at radius 1 is 0.523 bits per heavy atom. The molecule has 0 unspecified atom stereocenters. The average molecular weight is 587 g/mol. The zero-order valence-corrected chi connectivity index (χ0v) is 24.5. The summed E-state index contributed by atoms with van der Waals surface area (Å²) < 4.78 is 22.9. The molecule has 0 aliphatic rings. The Bertz CT molecular complexity index is 1680. The van der Waals surface area contributed by atoms with Gasteiger partial charge >= 0.3 is 11.9 Å². The van der Waals surface area contributed by atoms with Crippen LogP contribution in [0.2, 0.25) is 0 Å². The van der Waals surface area contributed by atoms with Gasteiger partial charge < -0.3 is 18.9 Å². The van der Waals surface area contributed by atoms with E-state index in [9.17, 15) is 9.59 Å². The highest BCUT2D eigenvalue weighted by molar-refractivity contribution is 5.92. The molecule has 44 heavy (non-hydrogen) atoms. The van der Waals surface area contributed by atoms with Crippen molar-refractivity contribution in [2.45, 2.75) is 12.8 Å². The molecule has 0 aromatic heterocycles. The van der Waals surface area contributed by atoms with E-state index in [1.807, 2.05) is 30.3 Å². The highest BCUT2D eigenvalue weighted by Crippen LogP contribution is 2.42. The number of carbonyl (C=O) groups is 2. The van der Waals surface area contributed by atoms with E-state index in [1.54, 1.807) is 0 Å². The second-order valence-corrected chi connectivity index (χ2v) is 10.1. The van der Waals surface area contributed by atoms with Crippen molar-refractivity contribution in [3.63, 3.8) is 0 Å². The molecule has 0 saturated heterocycles. The lowest BCUT2D eigenvalue weighted by molar-refractivity contribution is -0.138. The van der Waals surface area contributed by atoms with Gasteiger partial charge in [-0.05, 0) is 50.9 Å². The molecule has 0 aliphatic carbocycles. The summed E-state index contributed by atoms with van der Waals surface area (Å²) in [4.78, 5) is 22.9. The highest BCUT2D eigenvalue weighted by atomic mass is 16.5. The standard InChI is InChI=1S/C38H34O6/c1-3-37(39)43-21-9-19-41-35-26-36(42-20-10-22-44-38(40)4-2)34(32-18-16-28-12-6-8-14-30(28)24-32)25-33(35)31-17-15-27-11-5-7-13-29(27)23-31/h3-8,11-18,23-26H,1-2,9-10,19-22H2. The minimum atomic E-state index is -0.462. The van der Waals surface area contributed by atoms with Gasteiger partial charge in [-0.1, -0.05) is 86.0 Å². The number of hydrogen-bond donors (Lipinski definition) is 0. The second kappa shape index (κ2) is 14.7. The van der Waals surface area contributed by atoms with Gasteiger partial charge in [0.1, 0.15) is 11.5 Å². The molecule has 6 heteroatoms. The van der Waals surface area contributed by atoms with Gasteiger partial charge in [-0.2, -0.15) is 0 Å². The molecular formula is C38H34O6. The van der Waals surface area contributed by atoms with Crippen LogP contribution in [0.25, 0.3) is 43.8 Å². The molecule has 0 heterocycles.